The summed E-state index contributed by atoms with van der Waals surface area (Å²) in [6, 6.07) is 0. The van der Waals surface area contributed by atoms with E-state index in [4.69, 9.17) is 0 Å². The van der Waals surface area contributed by atoms with Gasteiger partial charge < -0.3 is 14.8 Å². The van der Waals surface area contributed by atoms with Crippen molar-refractivity contribution in [1.82, 2.24) is 14.9 Å². The minimum absolute atomic E-state index is 0.0339. The van der Waals surface area contributed by atoms with Crippen LogP contribution < -0.4 is 10.5 Å². The highest BCUT2D eigenvalue weighted by atomic mass is 127. The van der Waals surface area contributed by atoms with E-state index in [2.05, 4.69) is 9.97 Å². The molecule has 6 nitrogen and oxygen atoms in total. The lowest BCUT2D eigenvalue weighted by Gasteiger charge is -2.45. The van der Waals surface area contributed by atoms with Crippen LogP contribution in [0.3, 0.4) is 0 Å². The molecule has 1 saturated heterocycles. The number of hydrogen-bond donors (Lipinski definition) is 1. The van der Waals surface area contributed by atoms with Gasteiger partial charge in [-0.3, -0.25) is 9.59 Å². The summed E-state index contributed by atoms with van der Waals surface area (Å²) in [5, 5.41) is 0. The van der Waals surface area contributed by atoms with Crippen LogP contribution in [-0.4, -0.2) is 46.5 Å². The van der Waals surface area contributed by atoms with Crippen molar-refractivity contribution in [3.8, 4) is 0 Å². The molecule has 1 aliphatic rings. The first-order chi connectivity index (χ1) is 8.35. The van der Waals surface area contributed by atoms with Crippen molar-refractivity contribution in [2.24, 2.45) is 0 Å². The fourth-order valence-corrected chi connectivity index (χ4v) is 2.73. The number of piperazine rings is 1. The molecule has 1 aromatic rings. The van der Waals surface area contributed by atoms with Crippen molar-refractivity contribution in [3.05, 3.63) is 20.3 Å². The number of anilines is 1. The number of likely N-dealkylation sites (N-methyl/N-ethyl adjacent to an activating group) is 1. The number of rotatable bonds is 1. The molecule has 0 spiro atoms. The average Bonchev–Trinajstić information content (AvgIpc) is 2.31. The van der Waals surface area contributed by atoms with Crippen molar-refractivity contribution in [2.45, 2.75) is 19.4 Å². The van der Waals surface area contributed by atoms with Crippen LogP contribution in [0.2, 0.25) is 0 Å². The van der Waals surface area contributed by atoms with Gasteiger partial charge in [-0.1, -0.05) is 0 Å². The number of nitrogens with zero attached hydrogens (tertiary/aromatic N) is 3. The molecule has 1 aromatic heterocycles. The van der Waals surface area contributed by atoms with E-state index in [1.54, 1.807) is 11.9 Å². The monoisotopic (exact) mass is 362 g/mol. The van der Waals surface area contributed by atoms with E-state index >= 15 is 0 Å². The quantitative estimate of drug-likeness (QED) is 0.736. The first-order valence-corrected chi connectivity index (χ1v) is 6.70. The highest BCUT2D eigenvalue weighted by Crippen LogP contribution is 2.28. The maximum atomic E-state index is 12.2. The Labute approximate surface area is 119 Å². The third kappa shape index (κ3) is 2.00. The second kappa shape index (κ2) is 4.52. The Morgan fingerprint density at radius 2 is 2.06 bits per heavy atom. The van der Waals surface area contributed by atoms with E-state index in [1.807, 2.05) is 41.3 Å². The van der Waals surface area contributed by atoms with Crippen LogP contribution in [0.1, 0.15) is 13.8 Å². The van der Waals surface area contributed by atoms with Crippen LogP contribution in [-0.2, 0) is 4.79 Å². The summed E-state index contributed by atoms with van der Waals surface area (Å²) in [5.41, 5.74) is -0.865. The van der Waals surface area contributed by atoms with Gasteiger partial charge in [0.1, 0.15) is 14.9 Å². The zero-order chi connectivity index (χ0) is 13.5. The topological polar surface area (TPSA) is 69.3 Å². The zero-order valence-electron chi connectivity index (χ0n) is 10.5. The maximum absolute atomic E-state index is 12.2. The lowest BCUT2D eigenvalue weighted by atomic mass is 9.98. The standard InChI is InChI=1S/C11H15IN4O2/c1-11(2)10(18)15(3)4-5-16(11)8-7(12)9(17)14-6-13-8/h6H,4-5H2,1-3H3,(H,13,14,17). The Bertz CT molecular complexity index is 540. The predicted octanol–water partition coefficient (Wildman–Crippen LogP) is 0.431. The Morgan fingerprint density at radius 1 is 1.39 bits per heavy atom. The maximum Gasteiger partial charge on any atom is 0.266 e. The Hall–Kier alpha value is -1.12. The van der Waals surface area contributed by atoms with Gasteiger partial charge in [-0.05, 0) is 36.4 Å². The number of nitrogens with one attached hydrogen (secondary N) is 1. The molecule has 0 aliphatic carbocycles. The van der Waals surface area contributed by atoms with Crippen molar-refractivity contribution < 1.29 is 4.79 Å². The first kappa shape index (κ1) is 13.3. The average molecular weight is 362 g/mol. The van der Waals surface area contributed by atoms with E-state index in [-0.39, 0.29) is 11.5 Å². The molecule has 18 heavy (non-hydrogen) atoms. The summed E-state index contributed by atoms with van der Waals surface area (Å²) < 4.78 is 0.514. The fourth-order valence-electron chi connectivity index (χ4n) is 2.15. The molecule has 98 valence electrons. The minimum Gasteiger partial charge on any atom is -0.342 e. The third-order valence-corrected chi connectivity index (χ3v) is 4.21. The van der Waals surface area contributed by atoms with Crippen molar-refractivity contribution >= 4 is 34.3 Å². The van der Waals surface area contributed by atoms with Crippen LogP contribution in [0, 0.1) is 3.57 Å². The molecule has 2 rings (SSSR count). The molecule has 1 N–H and O–H groups in total. The Balaban J connectivity index is 2.48. The van der Waals surface area contributed by atoms with Crippen LogP contribution >= 0.6 is 22.6 Å². The number of hydrogen-bond acceptors (Lipinski definition) is 4. The molecule has 0 aromatic carbocycles. The third-order valence-electron chi connectivity index (χ3n) is 3.24. The molecule has 0 radical (unpaired) electrons. The Morgan fingerprint density at radius 3 is 2.72 bits per heavy atom. The second-order valence-electron chi connectivity index (χ2n) is 4.81. The van der Waals surface area contributed by atoms with Crippen molar-refractivity contribution in [3.63, 3.8) is 0 Å². The highest BCUT2D eigenvalue weighted by Gasteiger charge is 2.41. The molecular formula is C11H15IN4O2. The largest absolute Gasteiger partial charge is 0.342 e. The predicted molar refractivity (Wildman–Crippen MR) is 76.6 cm³/mol. The molecule has 0 bridgehead atoms. The van der Waals surface area contributed by atoms with Gasteiger partial charge >= 0.3 is 0 Å². The van der Waals surface area contributed by atoms with Gasteiger partial charge in [-0.15, -0.1) is 0 Å². The van der Waals surface area contributed by atoms with Gasteiger partial charge in [0.05, 0.1) is 6.33 Å². The van der Waals surface area contributed by atoms with Crippen LogP contribution in [0.4, 0.5) is 5.82 Å². The number of carbonyl (C=O) groups is 1. The number of aromatic amines is 1. The van der Waals surface area contributed by atoms with E-state index in [1.165, 1.54) is 6.33 Å². The second-order valence-corrected chi connectivity index (χ2v) is 5.89. The van der Waals surface area contributed by atoms with E-state index in [9.17, 15) is 9.59 Å². The Kier molecular flexibility index (Phi) is 3.35. The molecule has 0 unspecified atom stereocenters. The molecule has 1 aliphatic heterocycles. The molecule has 0 saturated carbocycles. The zero-order valence-corrected chi connectivity index (χ0v) is 12.7. The SMILES string of the molecule is CN1CCN(c2nc[nH]c(=O)c2I)C(C)(C)C1=O. The van der Waals surface area contributed by atoms with Crippen LogP contribution in [0.25, 0.3) is 0 Å². The molecule has 0 atom stereocenters. The highest BCUT2D eigenvalue weighted by molar-refractivity contribution is 14.1. The minimum atomic E-state index is -0.687. The van der Waals surface area contributed by atoms with Gasteiger partial charge in [0.15, 0.2) is 0 Å². The first-order valence-electron chi connectivity index (χ1n) is 5.62. The summed E-state index contributed by atoms with van der Waals surface area (Å²) in [6.07, 6.45) is 1.37. The van der Waals surface area contributed by atoms with Gasteiger partial charge in [-0.2, -0.15) is 0 Å². The molecule has 7 heteroatoms. The normalized spacial score (nSPS) is 19.2. The number of carbonyl (C=O) groups excluding carboxylic acids is 1. The van der Waals surface area contributed by atoms with Gasteiger partial charge in [0.25, 0.3) is 5.56 Å². The van der Waals surface area contributed by atoms with Gasteiger partial charge in [0, 0.05) is 20.1 Å². The van der Waals surface area contributed by atoms with Gasteiger partial charge in [-0.25, -0.2) is 4.98 Å². The molecule has 1 fully saturated rings. The summed E-state index contributed by atoms with van der Waals surface area (Å²) in [6.45, 7) is 5.00. The fraction of sp³-hybridized carbons (Fsp3) is 0.545. The number of aromatic nitrogens is 2. The van der Waals surface area contributed by atoms with E-state index in [0.29, 0.717) is 22.5 Å². The number of H-pyrrole nitrogens is 1. The van der Waals surface area contributed by atoms with Crippen LogP contribution in [0.5, 0.6) is 0 Å². The molecular weight excluding hydrogens is 347 g/mol. The summed E-state index contributed by atoms with van der Waals surface area (Å²) in [5.74, 6) is 0.609. The van der Waals surface area contributed by atoms with Crippen LogP contribution in [0.15, 0.2) is 11.1 Å². The van der Waals surface area contributed by atoms with E-state index in [0.717, 1.165) is 0 Å². The molecule has 1 amide bonds. The lowest BCUT2D eigenvalue weighted by molar-refractivity contribution is -0.136. The molecule has 2 heterocycles. The number of amides is 1. The van der Waals surface area contributed by atoms with Gasteiger partial charge in [0.2, 0.25) is 5.91 Å². The summed E-state index contributed by atoms with van der Waals surface area (Å²) >= 11 is 1.96. The van der Waals surface area contributed by atoms with E-state index < -0.39 is 5.54 Å². The summed E-state index contributed by atoms with van der Waals surface area (Å²) in [4.78, 5) is 34.1. The lowest BCUT2D eigenvalue weighted by Crippen LogP contribution is -2.62. The smallest absolute Gasteiger partial charge is 0.266 e. The summed E-state index contributed by atoms with van der Waals surface area (Å²) in [7, 11) is 1.79. The van der Waals surface area contributed by atoms with Crippen molar-refractivity contribution in [2.75, 3.05) is 25.0 Å². The van der Waals surface area contributed by atoms with Crippen molar-refractivity contribution in [1.29, 1.82) is 0 Å². The number of halogens is 1.